The number of anilines is 4. The highest BCUT2D eigenvalue weighted by molar-refractivity contribution is 6.33. The van der Waals surface area contributed by atoms with E-state index in [1.54, 1.807) is 16.8 Å². The Morgan fingerprint density at radius 3 is 2.79 bits per heavy atom. The Morgan fingerprint density at radius 1 is 1.31 bits per heavy atom. The second kappa shape index (κ2) is 8.89. The molecule has 10 heteroatoms. The van der Waals surface area contributed by atoms with Crippen molar-refractivity contribution in [1.82, 2.24) is 20.1 Å². The molecule has 0 atom stereocenters. The monoisotopic (exact) mass is 418 g/mol. The Hall–Kier alpha value is -3.17. The number of rotatable bonds is 7. The number of amides is 1. The lowest BCUT2D eigenvalue weighted by Gasteiger charge is -2.15. The van der Waals surface area contributed by atoms with E-state index in [0.29, 0.717) is 29.6 Å². The van der Waals surface area contributed by atoms with Crippen LogP contribution in [0.5, 0.6) is 0 Å². The molecular weight excluding hydrogens is 399 g/mol. The fourth-order valence-electron chi connectivity index (χ4n) is 2.73. The first-order valence-corrected chi connectivity index (χ1v) is 9.22. The summed E-state index contributed by atoms with van der Waals surface area (Å²) in [5.74, 6) is 0.0344. The van der Waals surface area contributed by atoms with Crippen molar-refractivity contribution in [3.05, 3.63) is 58.6 Å². The van der Waals surface area contributed by atoms with Crippen molar-refractivity contribution in [2.24, 2.45) is 0 Å². The van der Waals surface area contributed by atoms with Crippen molar-refractivity contribution < 1.29 is 14.3 Å². The number of nitrogens with zero attached hydrogens (tertiary/aromatic N) is 3. The SMILES string of the molecule is CCn1nc(CO)cc1Nc1cc(Nc2c(F)cccc2C(=O)NC)c(Cl)cn1. The number of aromatic nitrogens is 3. The Labute approximate surface area is 171 Å². The zero-order chi connectivity index (χ0) is 21.0. The normalized spacial score (nSPS) is 10.7. The van der Waals surface area contributed by atoms with Crippen LogP contribution >= 0.6 is 11.6 Å². The number of pyridine rings is 1. The van der Waals surface area contributed by atoms with E-state index in [9.17, 15) is 14.3 Å². The van der Waals surface area contributed by atoms with Crippen LogP contribution in [0.4, 0.5) is 27.4 Å². The van der Waals surface area contributed by atoms with Gasteiger partial charge in [-0.2, -0.15) is 5.10 Å². The first kappa shape index (κ1) is 20.6. The van der Waals surface area contributed by atoms with Crippen molar-refractivity contribution in [3.8, 4) is 0 Å². The molecule has 1 amide bonds. The minimum absolute atomic E-state index is 0.00654. The highest BCUT2D eigenvalue weighted by Crippen LogP contribution is 2.31. The summed E-state index contributed by atoms with van der Waals surface area (Å²) in [6.45, 7) is 2.32. The molecule has 0 unspecified atom stereocenters. The van der Waals surface area contributed by atoms with Gasteiger partial charge in [0, 0.05) is 25.7 Å². The molecule has 0 saturated heterocycles. The predicted molar refractivity (Wildman–Crippen MR) is 109 cm³/mol. The van der Waals surface area contributed by atoms with Crippen molar-refractivity contribution in [3.63, 3.8) is 0 Å². The van der Waals surface area contributed by atoms with E-state index < -0.39 is 11.7 Å². The maximum Gasteiger partial charge on any atom is 0.253 e. The number of para-hydroxylation sites is 1. The van der Waals surface area contributed by atoms with Gasteiger partial charge in [0.2, 0.25) is 0 Å². The molecule has 3 aromatic rings. The van der Waals surface area contributed by atoms with Crippen LogP contribution in [-0.2, 0) is 13.2 Å². The van der Waals surface area contributed by atoms with Crippen LogP contribution in [0.3, 0.4) is 0 Å². The minimum Gasteiger partial charge on any atom is -0.390 e. The van der Waals surface area contributed by atoms with Crippen molar-refractivity contribution in [2.75, 3.05) is 17.7 Å². The third-order valence-corrected chi connectivity index (χ3v) is 4.45. The van der Waals surface area contributed by atoms with Crippen LogP contribution in [0.15, 0.2) is 36.5 Å². The van der Waals surface area contributed by atoms with Crippen molar-refractivity contribution >= 4 is 40.5 Å². The molecule has 0 aliphatic rings. The average Bonchev–Trinajstić information content (AvgIpc) is 3.13. The molecule has 1 aromatic carbocycles. The Morgan fingerprint density at radius 2 is 2.10 bits per heavy atom. The maximum atomic E-state index is 14.4. The lowest BCUT2D eigenvalue weighted by Crippen LogP contribution is -2.19. The molecule has 0 bridgehead atoms. The zero-order valence-electron chi connectivity index (χ0n) is 15.8. The van der Waals surface area contributed by atoms with Gasteiger partial charge in [-0.25, -0.2) is 14.1 Å². The molecule has 0 spiro atoms. The fraction of sp³-hybridized carbons (Fsp3) is 0.211. The molecule has 4 N–H and O–H groups in total. The van der Waals surface area contributed by atoms with Crippen LogP contribution in [0, 0.1) is 5.82 Å². The largest absolute Gasteiger partial charge is 0.390 e. The summed E-state index contributed by atoms with van der Waals surface area (Å²) in [7, 11) is 1.47. The summed E-state index contributed by atoms with van der Waals surface area (Å²) in [5.41, 5.74) is 1.03. The van der Waals surface area contributed by atoms with Gasteiger partial charge in [-0.3, -0.25) is 4.79 Å². The second-order valence-corrected chi connectivity index (χ2v) is 6.44. The van der Waals surface area contributed by atoms with Crippen LogP contribution < -0.4 is 16.0 Å². The van der Waals surface area contributed by atoms with E-state index >= 15 is 0 Å². The molecular formula is C19H20ClFN6O2. The van der Waals surface area contributed by atoms with Gasteiger partial charge in [0.25, 0.3) is 5.91 Å². The van der Waals surface area contributed by atoms with Crippen LogP contribution in [-0.4, -0.2) is 32.8 Å². The quantitative estimate of drug-likeness (QED) is 0.468. The van der Waals surface area contributed by atoms with Crippen molar-refractivity contribution in [1.29, 1.82) is 0 Å². The first-order chi connectivity index (χ1) is 14.0. The van der Waals surface area contributed by atoms with E-state index in [1.165, 1.54) is 31.4 Å². The first-order valence-electron chi connectivity index (χ1n) is 8.84. The molecule has 8 nitrogen and oxygen atoms in total. The van der Waals surface area contributed by atoms with Crippen LogP contribution in [0.1, 0.15) is 23.0 Å². The summed E-state index contributed by atoms with van der Waals surface area (Å²) in [6.07, 6.45) is 1.41. The summed E-state index contributed by atoms with van der Waals surface area (Å²) in [5, 5.41) is 22.2. The minimum atomic E-state index is -0.592. The number of hydrogen-bond donors (Lipinski definition) is 4. The lowest BCUT2D eigenvalue weighted by molar-refractivity contribution is 0.0963. The molecule has 2 heterocycles. The van der Waals surface area contributed by atoms with Gasteiger partial charge in [-0.1, -0.05) is 17.7 Å². The summed E-state index contributed by atoms with van der Waals surface area (Å²) >= 11 is 6.23. The van der Waals surface area contributed by atoms with Gasteiger partial charge < -0.3 is 21.1 Å². The number of benzene rings is 1. The number of hydrogen-bond acceptors (Lipinski definition) is 6. The molecule has 152 valence electrons. The maximum absolute atomic E-state index is 14.4. The summed E-state index contributed by atoms with van der Waals surface area (Å²) in [6, 6.07) is 7.51. The molecule has 0 radical (unpaired) electrons. The average molecular weight is 419 g/mol. The van der Waals surface area contributed by atoms with E-state index in [0.717, 1.165) is 0 Å². The van der Waals surface area contributed by atoms with Gasteiger partial charge >= 0.3 is 0 Å². The number of aliphatic hydroxyl groups excluding tert-OH is 1. The van der Waals surface area contributed by atoms with E-state index in [1.807, 2.05) is 6.92 Å². The van der Waals surface area contributed by atoms with Crippen LogP contribution in [0.2, 0.25) is 5.02 Å². The number of aryl methyl sites for hydroxylation is 1. The smallest absolute Gasteiger partial charge is 0.253 e. The molecule has 3 rings (SSSR count). The Balaban J connectivity index is 1.93. The van der Waals surface area contributed by atoms with Gasteiger partial charge in [0.05, 0.1) is 40.5 Å². The number of aliphatic hydroxyl groups is 1. The van der Waals surface area contributed by atoms with Gasteiger partial charge in [-0.15, -0.1) is 0 Å². The zero-order valence-corrected chi connectivity index (χ0v) is 16.6. The summed E-state index contributed by atoms with van der Waals surface area (Å²) in [4.78, 5) is 16.3. The lowest BCUT2D eigenvalue weighted by atomic mass is 10.1. The number of carbonyl (C=O) groups is 1. The van der Waals surface area contributed by atoms with E-state index in [-0.39, 0.29) is 22.9 Å². The third kappa shape index (κ3) is 4.47. The molecule has 0 aliphatic carbocycles. The Kier molecular flexibility index (Phi) is 6.30. The molecule has 2 aromatic heterocycles. The van der Waals surface area contributed by atoms with Crippen molar-refractivity contribution in [2.45, 2.75) is 20.1 Å². The van der Waals surface area contributed by atoms with E-state index in [2.05, 4.69) is 26.0 Å². The molecule has 0 aliphatic heterocycles. The predicted octanol–water partition coefficient (Wildman–Crippen LogP) is 3.43. The Bertz CT molecular complexity index is 1040. The van der Waals surface area contributed by atoms with Gasteiger partial charge in [0.1, 0.15) is 17.5 Å². The van der Waals surface area contributed by atoms with Gasteiger partial charge in [-0.05, 0) is 19.1 Å². The topological polar surface area (TPSA) is 104 Å². The third-order valence-electron chi connectivity index (χ3n) is 4.15. The van der Waals surface area contributed by atoms with E-state index in [4.69, 9.17) is 11.6 Å². The standard InChI is InChI=1S/C19H20ClFN6O2/c1-3-27-17(7-11(10-28)26-27)25-16-8-15(13(20)9-23-16)24-18-12(19(29)22-2)5-4-6-14(18)21/h4-9,28H,3,10H2,1-2H3,(H,22,29)(H2,23,24,25). The number of nitrogens with one attached hydrogen (secondary N) is 3. The number of halogens is 2. The highest BCUT2D eigenvalue weighted by Gasteiger charge is 2.16. The molecule has 29 heavy (non-hydrogen) atoms. The number of carbonyl (C=O) groups excluding carboxylic acids is 1. The molecule has 0 fully saturated rings. The van der Waals surface area contributed by atoms with Gasteiger partial charge in [0.15, 0.2) is 0 Å². The molecule has 0 saturated carbocycles. The van der Waals surface area contributed by atoms with Crippen LogP contribution in [0.25, 0.3) is 0 Å². The second-order valence-electron chi connectivity index (χ2n) is 6.04. The summed E-state index contributed by atoms with van der Waals surface area (Å²) < 4.78 is 16.1. The fourth-order valence-corrected chi connectivity index (χ4v) is 2.88. The highest BCUT2D eigenvalue weighted by atomic mass is 35.5.